The van der Waals surface area contributed by atoms with E-state index in [2.05, 4.69) is 25.4 Å². The number of halogens is 1. The van der Waals surface area contributed by atoms with Crippen molar-refractivity contribution >= 4 is 39.8 Å². The molecule has 10 heteroatoms. The van der Waals surface area contributed by atoms with Crippen LogP contribution in [-0.4, -0.2) is 49.6 Å². The van der Waals surface area contributed by atoms with Crippen molar-refractivity contribution in [3.63, 3.8) is 0 Å². The van der Waals surface area contributed by atoms with Gasteiger partial charge < -0.3 is 19.8 Å². The van der Waals surface area contributed by atoms with E-state index in [9.17, 15) is 4.79 Å². The highest BCUT2D eigenvalue weighted by Gasteiger charge is 2.25. The predicted molar refractivity (Wildman–Crippen MR) is 116 cm³/mol. The molecule has 160 valence electrons. The summed E-state index contributed by atoms with van der Waals surface area (Å²) in [4.78, 5) is 24.5. The second kappa shape index (κ2) is 7.82. The first-order valence-electron chi connectivity index (χ1n) is 10.1. The van der Waals surface area contributed by atoms with Gasteiger partial charge in [-0.1, -0.05) is 11.6 Å². The average molecular weight is 441 g/mol. The molecular weight excluding hydrogens is 420 g/mol. The molecule has 0 saturated carbocycles. The van der Waals surface area contributed by atoms with E-state index < -0.39 is 6.09 Å². The molecule has 0 spiro atoms. The van der Waals surface area contributed by atoms with Gasteiger partial charge >= 0.3 is 6.09 Å². The highest BCUT2D eigenvalue weighted by molar-refractivity contribution is 6.31. The zero-order valence-corrected chi connectivity index (χ0v) is 17.8. The summed E-state index contributed by atoms with van der Waals surface area (Å²) in [6.45, 7) is 2.63. The Morgan fingerprint density at radius 3 is 3.13 bits per heavy atom. The summed E-state index contributed by atoms with van der Waals surface area (Å²) in [6, 6.07) is 5.42. The topological polar surface area (TPSA) is 107 Å². The summed E-state index contributed by atoms with van der Waals surface area (Å²) in [7, 11) is 1.85. The minimum absolute atomic E-state index is 0.00727. The maximum absolute atomic E-state index is 12.4. The van der Waals surface area contributed by atoms with Crippen LogP contribution in [0, 0.1) is 0 Å². The number of hydrogen-bond donors (Lipinski definition) is 2. The van der Waals surface area contributed by atoms with Crippen LogP contribution in [0.1, 0.15) is 19.8 Å². The zero-order chi connectivity index (χ0) is 21.5. The molecule has 2 atom stereocenters. The van der Waals surface area contributed by atoms with Gasteiger partial charge in [0, 0.05) is 30.3 Å². The van der Waals surface area contributed by atoms with Crippen LogP contribution in [0.4, 0.5) is 4.79 Å². The number of carbonyl (C=O) groups is 1. The van der Waals surface area contributed by atoms with Gasteiger partial charge in [0.2, 0.25) is 0 Å². The van der Waals surface area contributed by atoms with E-state index >= 15 is 0 Å². The van der Waals surface area contributed by atoms with Crippen LogP contribution in [0.2, 0.25) is 5.02 Å². The standard InChI is InChI=1S/C21H21ClN6O3/c1-11(16-4-3-7-30-16)25-21(29)31-17-10-24-20-19(17)26-14(9-23-20)18-13-6-5-12(22)8-15(13)28(2)27-18/h5-6,8-11,16H,3-4,7H2,1-2H3,(H,23,24)(H,25,29). The molecule has 1 amide bonds. The van der Waals surface area contributed by atoms with Crippen LogP contribution in [0.3, 0.4) is 0 Å². The number of carbonyl (C=O) groups excluding carboxylic acids is 1. The quantitative estimate of drug-likeness (QED) is 0.499. The molecule has 0 bridgehead atoms. The van der Waals surface area contributed by atoms with Crippen molar-refractivity contribution in [3.8, 4) is 17.1 Å². The minimum atomic E-state index is -0.561. The van der Waals surface area contributed by atoms with Crippen molar-refractivity contribution in [2.24, 2.45) is 7.05 Å². The smallest absolute Gasteiger partial charge is 0.406 e. The van der Waals surface area contributed by atoms with E-state index in [1.165, 1.54) is 0 Å². The lowest BCUT2D eigenvalue weighted by Crippen LogP contribution is -2.42. The molecule has 5 rings (SSSR count). The van der Waals surface area contributed by atoms with Gasteiger partial charge in [-0.3, -0.25) is 4.68 Å². The van der Waals surface area contributed by atoms with Gasteiger partial charge in [-0.25, -0.2) is 14.8 Å². The summed E-state index contributed by atoms with van der Waals surface area (Å²) < 4.78 is 12.9. The highest BCUT2D eigenvalue weighted by atomic mass is 35.5. The van der Waals surface area contributed by atoms with E-state index in [0.717, 1.165) is 30.4 Å². The van der Waals surface area contributed by atoms with E-state index in [1.807, 2.05) is 32.2 Å². The molecule has 0 radical (unpaired) electrons. The number of aromatic nitrogens is 5. The third kappa shape index (κ3) is 3.70. The SMILES string of the molecule is CC(NC(=O)Oc1c[nH]c2ncc(-c3nn(C)c4cc(Cl)ccc34)nc12)C1CCCO1. The summed E-state index contributed by atoms with van der Waals surface area (Å²) in [5.41, 5.74) is 3.09. The third-order valence-electron chi connectivity index (χ3n) is 5.47. The number of ether oxygens (including phenoxy) is 2. The second-order valence-corrected chi connectivity index (χ2v) is 8.05. The minimum Gasteiger partial charge on any atom is -0.406 e. The Balaban J connectivity index is 1.43. The Morgan fingerprint density at radius 2 is 2.32 bits per heavy atom. The number of fused-ring (bicyclic) bond motifs is 2. The lowest BCUT2D eigenvalue weighted by molar-refractivity contribution is 0.0829. The molecule has 1 saturated heterocycles. The molecule has 1 fully saturated rings. The van der Waals surface area contributed by atoms with E-state index in [1.54, 1.807) is 17.1 Å². The Bertz CT molecular complexity index is 1280. The highest BCUT2D eigenvalue weighted by Crippen LogP contribution is 2.30. The number of aromatic amines is 1. The Hall–Kier alpha value is -3.17. The normalized spacial score (nSPS) is 17.3. The summed E-state index contributed by atoms with van der Waals surface area (Å²) in [5.74, 6) is 0.296. The Morgan fingerprint density at radius 1 is 1.45 bits per heavy atom. The second-order valence-electron chi connectivity index (χ2n) is 7.61. The van der Waals surface area contributed by atoms with Gasteiger partial charge in [0.05, 0.1) is 23.9 Å². The van der Waals surface area contributed by atoms with Crippen molar-refractivity contribution in [3.05, 3.63) is 35.6 Å². The van der Waals surface area contributed by atoms with Gasteiger partial charge in [-0.2, -0.15) is 5.10 Å². The number of nitrogens with one attached hydrogen (secondary N) is 2. The molecule has 2 N–H and O–H groups in total. The fraction of sp³-hybridized carbons (Fsp3) is 0.333. The van der Waals surface area contributed by atoms with E-state index in [-0.39, 0.29) is 12.1 Å². The van der Waals surface area contributed by atoms with Crippen molar-refractivity contribution in [1.82, 2.24) is 30.0 Å². The fourth-order valence-corrected chi connectivity index (χ4v) is 4.05. The number of aryl methyl sites for hydroxylation is 1. The van der Waals surface area contributed by atoms with Crippen LogP contribution in [0.15, 0.2) is 30.6 Å². The lowest BCUT2D eigenvalue weighted by Gasteiger charge is -2.19. The molecular formula is C21H21ClN6O3. The number of nitrogens with zero attached hydrogens (tertiary/aromatic N) is 4. The Kier molecular flexibility index (Phi) is 4.99. The van der Waals surface area contributed by atoms with Gasteiger partial charge in [0.1, 0.15) is 11.4 Å². The predicted octanol–water partition coefficient (Wildman–Crippen LogP) is 3.82. The largest absolute Gasteiger partial charge is 0.413 e. The van der Waals surface area contributed by atoms with Crippen LogP contribution >= 0.6 is 11.6 Å². The molecule has 31 heavy (non-hydrogen) atoms. The van der Waals surface area contributed by atoms with Crippen LogP contribution in [-0.2, 0) is 11.8 Å². The van der Waals surface area contributed by atoms with Crippen molar-refractivity contribution in [1.29, 1.82) is 0 Å². The number of hydrogen-bond acceptors (Lipinski definition) is 6. The first kappa shape index (κ1) is 19.8. The maximum Gasteiger partial charge on any atom is 0.413 e. The first-order valence-corrected chi connectivity index (χ1v) is 10.4. The molecule has 1 aromatic carbocycles. The summed E-state index contributed by atoms with van der Waals surface area (Å²) in [6.07, 6.45) is 4.58. The number of benzene rings is 1. The van der Waals surface area contributed by atoms with Crippen LogP contribution in [0.25, 0.3) is 33.5 Å². The molecule has 4 heterocycles. The number of H-pyrrole nitrogens is 1. The molecule has 1 aliphatic heterocycles. The number of rotatable bonds is 4. The van der Waals surface area contributed by atoms with E-state index in [4.69, 9.17) is 21.1 Å². The van der Waals surface area contributed by atoms with Gasteiger partial charge in [0.15, 0.2) is 16.9 Å². The molecule has 1 aliphatic rings. The average Bonchev–Trinajstić information content (AvgIpc) is 3.48. The van der Waals surface area contributed by atoms with Crippen molar-refractivity contribution in [2.45, 2.75) is 31.9 Å². The van der Waals surface area contributed by atoms with Gasteiger partial charge in [0.25, 0.3) is 0 Å². The fourth-order valence-electron chi connectivity index (χ4n) is 3.89. The van der Waals surface area contributed by atoms with Gasteiger partial charge in [-0.15, -0.1) is 0 Å². The monoisotopic (exact) mass is 440 g/mol. The molecule has 4 aromatic rings. The molecule has 2 unspecified atom stereocenters. The molecule has 9 nitrogen and oxygen atoms in total. The molecule has 0 aliphatic carbocycles. The Labute approximate surface area is 182 Å². The lowest BCUT2D eigenvalue weighted by atomic mass is 10.1. The first-order chi connectivity index (χ1) is 15.0. The van der Waals surface area contributed by atoms with Crippen LogP contribution in [0.5, 0.6) is 5.75 Å². The van der Waals surface area contributed by atoms with Crippen molar-refractivity contribution in [2.75, 3.05) is 6.61 Å². The third-order valence-corrected chi connectivity index (χ3v) is 5.71. The summed E-state index contributed by atoms with van der Waals surface area (Å²) >= 11 is 6.12. The number of amides is 1. The van der Waals surface area contributed by atoms with Crippen molar-refractivity contribution < 1.29 is 14.3 Å². The van der Waals surface area contributed by atoms with E-state index in [0.29, 0.717) is 33.3 Å². The molecule has 3 aromatic heterocycles. The maximum atomic E-state index is 12.4. The zero-order valence-electron chi connectivity index (χ0n) is 17.1. The van der Waals surface area contributed by atoms with Gasteiger partial charge in [-0.05, 0) is 38.0 Å². The summed E-state index contributed by atoms with van der Waals surface area (Å²) in [5, 5.41) is 8.94. The van der Waals surface area contributed by atoms with Crippen LogP contribution < -0.4 is 10.1 Å².